The van der Waals surface area contributed by atoms with Gasteiger partial charge in [-0.1, -0.05) is 284 Å². The van der Waals surface area contributed by atoms with Gasteiger partial charge in [0.05, 0.1) is 39.9 Å². The third-order valence-corrected chi connectivity index (χ3v) is 14.8. The molecule has 0 aliphatic heterocycles. The first-order valence-corrected chi connectivity index (χ1v) is 33.1. The summed E-state index contributed by atoms with van der Waals surface area (Å²) >= 11 is 0. The number of hydrogen-bond acceptors (Lipinski definition) is 5. The van der Waals surface area contributed by atoms with Crippen LogP contribution in [0.5, 0.6) is 0 Å². The predicted octanol–water partition coefficient (Wildman–Crippen LogP) is 19.8. The summed E-state index contributed by atoms with van der Waals surface area (Å²) in [6.07, 6.45) is 82.4. The molecular weight excluding hydrogens is 960 g/mol. The van der Waals surface area contributed by atoms with Gasteiger partial charge in [0.25, 0.3) is 0 Å². The predicted molar refractivity (Wildman–Crippen MR) is 332 cm³/mol. The topological polar surface area (TPSA) is 105 Å². The van der Waals surface area contributed by atoms with Crippen LogP contribution in [0.4, 0.5) is 0 Å². The van der Waals surface area contributed by atoms with E-state index in [2.05, 4.69) is 104 Å². The normalized spacial score (nSPS) is 14.5. The number of nitrogens with zero attached hydrogens (tertiary/aromatic N) is 1. The van der Waals surface area contributed by atoms with Crippen LogP contribution >= 0.6 is 7.82 Å². The van der Waals surface area contributed by atoms with Gasteiger partial charge in [-0.15, -0.1) is 0 Å². The molecular formula is C67H122N2O6P+. The summed E-state index contributed by atoms with van der Waals surface area (Å²) in [5.74, 6) is -0.177. The van der Waals surface area contributed by atoms with Crippen molar-refractivity contribution in [2.24, 2.45) is 0 Å². The largest absolute Gasteiger partial charge is 0.472 e. The molecule has 3 unspecified atom stereocenters. The summed E-state index contributed by atoms with van der Waals surface area (Å²) in [7, 11) is 1.57. The summed E-state index contributed by atoms with van der Waals surface area (Å²) < 4.78 is 23.7. The van der Waals surface area contributed by atoms with Gasteiger partial charge in [-0.25, -0.2) is 4.57 Å². The highest BCUT2D eigenvalue weighted by molar-refractivity contribution is 7.47. The van der Waals surface area contributed by atoms with Gasteiger partial charge in [0.15, 0.2) is 0 Å². The van der Waals surface area contributed by atoms with E-state index in [-0.39, 0.29) is 19.1 Å². The standard InChI is InChI=1S/C67H121N2O6P/c1-6-8-10-12-14-16-18-20-22-23-24-25-26-27-28-29-30-31-32-33-34-35-36-37-38-39-40-41-42-43-44-45-47-49-51-53-55-57-59-61-67(71)68-65(64-75-76(72,73)74-63-62-69(3,4)5)66(70)60-58-56-54-52-50-48-46-21-19-17-15-13-11-9-7-2/h8,10,14,16,20,22,24-25,27-28,30-31,33-34,58,60,65-66,70H,6-7,9,11-13,15,17-19,21,23,26,29,32,35-57,59,61-64H2,1-5H3,(H-,68,71,72,73)/p+1/b10-8-,16-14-,22-20-,25-24-,28-27-,31-30-,34-33-,60-58+. The van der Waals surface area contributed by atoms with Gasteiger partial charge < -0.3 is 19.8 Å². The molecule has 3 atom stereocenters. The van der Waals surface area contributed by atoms with Crippen LogP contribution < -0.4 is 5.32 Å². The Morgan fingerprint density at radius 3 is 1.16 bits per heavy atom. The van der Waals surface area contributed by atoms with Crippen LogP contribution in [0.15, 0.2) is 97.2 Å². The van der Waals surface area contributed by atoms with Crippen molar-refractivity contribution in [3.63, 3.8) is 0 Å². The molecule has 0 aliphatic carbocycles. The van der Waals surface area contributed by atoms with Gasteiger partial charge >= 0.3 is 7.82 Å². The molecule has 0 saturated heterocycles. The number of aliphatic hydroxyl groups excluding tert-OH is 1. The number of aliphatic hydroxyl groups is 1. The van der Waals surface area contributed by atoms with Crippen molar-refractivity contribution in [3.8, 4) is 0 Å². The molecule has 440 valence electrons. The van der Waals surface area contributed by atoms with E-state index in [4.69, 9.17) is 9.05 Å². The maximum atomic E-state index is 13.0. The Balaban J connectivity index is 4.00. The average Bonchev–Trinajstić information content (AvgIpc) is 3.38. The fraction of sp³-hybridized carbons (Fsp3) is 0.746. The highest BCUT2D eigenvalue weighted by Crippen LogP contribution is 2.43. The first-order valence-electron chi connectivity index (χ1n) is 31.6. The maximum absolute atomic E-state index is 13.0. The van der Waals surface area contributed by atoms with E-state index in [1.165, 1.54) is 167 Å². The van der Waals surface area contributed by atoms with Crippen molar-refractivity contribution in [2.75, 3.05) is 40.9 Å². The van der Waals surface area contributed by atoms with Crippen molar-refractivity contribution in [3.05, 3.63) is 97.2 Å². The number of nitrogens with one attached hydrogen (secondary N) is 1. The molecule has 0 bridgehead atoms. The molecule has 0 aromatic carbocycles. The quantitative estimate of drug-likeness (QED) is 0.0243. The number of phosphoric acid groups is 1. The third-order valence-electron chi connectivity index (χ3n) is 13.8. The number of rotatable bonds is 57. The van der Waals surface area contributed by atoms with E-state index in [1.54, 1.807) is 6.08 Å². The number of amides is 1. The molecule has 0 aromatic heterocycles. The molecule has 0 rings (SSSR count). The monoisotopic (exact) mass is 1080 g/mol. The highest BCUT2D eigenvalue weighted by atomic mass is 31.2. The Bertz CT molecular complexity index is 1560. The molecule has 9 heteroatoms. The van der Waals surface area contributed by atoms with E-state index in [0.717, 1.165) is 83.5 Å². The highest BCUT2D eigenvalue weighted by Gasteiger charge is 2.27. The Morgan fingerprint density at radius 2 is 0.789 bits per heavy atom. The fourth-order valence-corrected chi connectivity index (χ4v) is 9.64. The molecule has 0 aromatic rings. The summed E-state index contributed by atoms with van der Waals surface area (Å²) in [5, 5.41) is 13.9. The Kier molecular flexibility index (Phi) is 55.2. The minimum absolute atomic E-state index is 0.0598. The smallest absolute Gasteiger partial charge is 0.387 e. The number of allylic oxidation sites excluding steroid dienone is 15. The van der Waals surface area contributed by atoms with Crippen molar-refractivity contribution >= 4 is 13.7 Å². The minimum Gasteiger partial charge on any atom is -0.387 e. The van der Waals surface area contributed by atoms with Crippen LogP contribution in [0.1, 0.15) is 271 Å². The Labute approximate surface area is 470 Å². The van der Waals surface area contributed by atoms with E-state index in [9.17, 15) is 19.4 Å². The van der Waals surface area contributed by atoms with Crippen LogP contribution in [0.25, 0.3) is 0 Å². The van der Waals surface area contributed by atoms with E-state index in [1.807, 2.05) is 27.2 Å². The zero-order valence-electron chi connectivity index (χ0n) is 50.2. The van der Waals surface area contributed by atoms with Crippen molar-refractivity contribution < 1.29 is 32.9 Å². The molecule has 0 heterocycles. The summed E-state index contributed by atoms with van der Waals surface area (Å²) in [5.41, 5.74) is 0. The molecule has 76 heavy (non-hydrogen) atoms. The first-order chi connectivity index (χ1) is 37.0. The molecule has 0 aliphatic rings. The van der Waals surface area contributed by atoms with Crippen molar-refractivity contribution in [2.45, 2.75) is 283 Å². The zero-order chi connectivity index (χ0) is 55.6. The summed E-state index contributed by atoms with van der Waals surface area (Å²) in [6, 6.07) is -0.849. The number of unbranched alkanes of at least 4 members (excludes halogenated alkanes) is 30. The van der Waals surface area contributed by atoms with Crippen LogP contribution in [0.3, 0.4) is 0 Å². The molecule has 8 nitrogen and oxygen atoms in total. The number of likely N-dealkylation sites (N-methyl/N-ethyl adjacent to an activating group) is 1. The fourth-order valence-electron chi connectivity index (χ4n) is 8.91. The second-order valence-corrected chi connectivity index (χ2v) is 23.9. The molecule has 1 amide bonds. The lowest BCUT2D eigenvalue weighted by molar-refractivity contribution is -0.870. The second-order valence-electron chi connectivity index (χ2n) is 22.4. The van der Waals surface area contributed by atoms with Crippen LogP contribution in [0, 0.1) is 0 Å². The Hall–Kier alpha value is -2.58. The maximum Gasteiger partial charge on any atom is 0.472 e. The van der Waals surface area contributed by atoms with Crippen LogP contribution in [0.2, 0.25) is 0 Å². The number of phosphoric ester groups is 1. The van der Waals surface area contributed by atoms with E-state index in [0.29, 0.717) is 17.4 Å². The lowest BCUT2D eigenvalue weighted by Crippen LogP contribution is -2.45. The SMILES string of the molecule is CC/C=C\C/C=C\C/C=C\C/C=C\C/C=C\C/C=C\C/C=C\CCCCCCCCCCCCCCCCCCCC(=O)NC(COP(=O)(O)OCC[N+](C)(C)C)C(O)/C=C/CCCCCCCCCCCCCCC. The second kappa shape index (κ2) is 57.1. The van der Waals surface area contributed by atoms with Crippen molar-refractivity contribution in [1.82, 2.24) is 5.32 Å². The van der Waals surface area contributed by atoms with Gasteiger partial charge in [0.1, 0.15) is 13.2 Å². The number of carbonyl (C=O) groups excluding carboxylic acids is 1. The lowest BCUT2D eigenvalue weighted by atomic mass is 10.0. The first kappa shape index (κ1) is 73.4. The third kappa shape index (κ3) is 59.1. The zero-order valence-corrected chi connectivity index (χ0v) is 51.1. The molecule has 0 fully saturated rings. The van der Waals surface area contributed by atoms with Gasteiger partial charge in [-0.05, 0) is 77.0 Å². The Morgan fingerprint density at radius 1 is 0.461 bits per heavy atom. The lowest BCUT2D eigenvalue weighted by Gasteiger charge is -2.25. The van der Waals surface area contributed by atoms with Gasteiger partial charge in [0.2, 0.25) is 5.91 Å². The van der Waals surface area contributed by atoms with E-state index < -0.39 is 20.0 Å². The molecule has 0 spiro atoms. The van der Waals surface area contributed by atoms with E-state index >= 15 is 0 Å². The van der Waals surface area contributed by atoms with Gasteiger partial charge in [0, 0.05) is 6.42 Å². The molecule has 0 saturated carbocycles. The average molecular weight is 1080 g/mol. The summed E-state index contributed by atoms with van der Waals surface area (Å²) in [4.78, 5) is 23.3. The number of hydrogen-bond donors (Lipinski definition) is 3. The summed E-state index contributed by atoms with van der Waals surface area (Å²) in [6.45, 7) is 4.71. The minimum atomic E-state index is -4.35. The molecule has 3 N–H and O–H groups in total. The van der Waals surface area contributed by atoms with Crippen LogP contribution in [-0.4, -0.2) is 73.4 Å². The number of quaternary nitrogens is 1. The van der Waals surface area contributed by atoms with Gasteiger partial charge in [-0.3, -0.25) is 13.8 Å². The molecule has 0 radical (unpaired) electrons. The van der Waals surface area contributed by atoms with Crippen LogP contribution in [-0.2, 0) is 18.4 Å². The van der Waals surface area contributed by atoms with Crippen molar-refractivity contribution in [1.29, 1.82) is 0 Å². The van der Waals surface area contributed by atoms with Gasteiger partial charge in [-0.2, -0.15) is 0 Å². The number of carbonyl (C=O) groups is 1.